The third-order valence-electron chi connectivity index (χ3n) is 6.95. The zero-order valence-electron chi connectivity index (χ0n) is 17.7. The minimum Gasteiger partial charge on any atom is -0.379 e. The fourth-order valence-corrected chi connectivity index (χ4v) is 4.97. The number of nitrogens with zero attached hydrogens (tertiary/aromatic N) is 4. The lowest BCUT2D eigenvalue weighted by atomic mass is 9.84. The average Bonchev–Trinajstić information content (AvgIpc) is 3.28. The van der Waals surface area contributed by atoms with Gasteiger partial charge in [-0.15, -0.1) is 0 Å². The summed E-state index contributed by atoms with van der Waals surface area (Å²) in [7, 11) is 0. The maximum absolute atomic E-state index is 5.50. The molecule has 3 aromatic rings. The topological polar surface area (TPSA) is 31.8 Å². The molecule has 1 aliphatic carbocycles. The SMILES string of the molecule is C1=CN(C2CC(N3CCOCC3)C2)CN1c1ccc2ccc(-c3ccccc3)nc2c1. The highest BCUT2D eigenvalue weighted by atomic mass is 16.5. The van der Waals surface area contributed by atoms with Crippen LogP contribution >= 0.6 is 0 Å². The summed E-state index contributed by atoms with van der Waals surface area (Å²) in [6.45, 7) is 4.88. The van der Waals surface area contributed by atoms with Gasteiger partial charge in [-0.1, -0.05) is 42.5 Å². The van der Waals surface area contributed by atoms with Crippen LogP contribution < -0.4 is 4.90 Å². The van der Waals surface area contributed by atoms with Crippen LogP contribution in [0.1, 0.15) is 12.8 Å². The Morgan fingerprint density at radius 3 is 2.48 bits per heavy atom. The first-order valence-electron chi connectivity index (χ1n) is 11.3. The van der Waals surface area contributed by atoms with Gasteiger partial charge >= 0.3 is 0 Å². The molecule has 5 heteroatoms. The molecule has 0 atom stereocenters. The van der Waals surface area contributed by atoms with Crippen LogP contribution in [0.15, 0.2) is 73.1 Å². The Morgan fingerprint density at radius 2 is 1.65 bits per heavy atom. The molecule has 2 fully saturated rings. The highest BCUT2D eigenvalue weighted by Crippen LogP contribution is 2.34. The van der Waals surface area contributed by atoms with Gasteiger partial charge in [0.2, 0.25) is 0 Å². The smallest absolute Gasteiger partial charge is 0.0944 e. The van der Waals surface area contributed by atoms with Crippen LogP contribution in [0.2, 0.25) is 0 Å². The molecule has 0 N–H and O–H groups in total. The van der Waals surface area contributed by atoms with Gasteiger partial charge < -0.3 is 14.5 Å². The number of morpholine rings is 1. The number of anilines is 1. The van der Waals surface area contributed by atoms with E-state index in [1.165, 1.54) is 23.9 Å². The molecule has 2 aliphatic heterocycles. The van der Waals surface area contributed by atoms with Gasteiger partial charge in [-0.3, -0.25) is 4.90 Å². The Morgan fingerprint density at radius 1 is 0.839 bits per heavy atom. The van der Waals surface area contributed by atoms with Gasteiger partial charge in [0.1, 0.15) is 0 Å². The third kappa shape index (κ3) is 3.68. The van der Waals surface area contributed by atoms with Gasteiger partial charge in [0, 0.05) is 54.2 Å². The van der Waals surface area contributed by atoms with Gasteiger partial charge in [0.05, 0.1) is 31.1 Å². The van der Waals surface area contributed by atoms with E-state index in [0.29, 0.717) is 6.04 Å². The molecule has 3 heterocycles. The number of rotatable bonds is 4. The molecule has 5 nitrogen and oxygen atoms in total. The predicted molar refractivity (Wildman–Crippen MR) is 125 cm³/mol. The third-order valence-corrected chi connectivity index (χ3v) is 6.95. The molecule has 3 aliphatic rings. The average molecular weight is 413 g/mol. The summed E-state index contributed by atoms with van der Waals surface area (Å²) in [5, 5.41) is 1.18. The lowest BCUT2D eigenvalue weighted by Crippen LogP contribution is -2.55. The highest BCUT2D eigenvalue weighted by molar-refractivity contribution is 5.85. The molecular weight excluding hydrogens is 384 g/mol. The quantitative estimate of drug-likeness (QED) is 0.637. The molecule has 2 aromatic carbocycles. The first kappa shape index (κ1) is 18.8. The van der Waals surface area contributed by atoms with Crippen molar-refractivity contribution in [2.75, 3.05) is 37.9 Å². The molecule has 0 unspecified atom stereocenters. The monoisotopic (exact) mass is 412 g/mol. The van der Waals surface area contributed by atoms with E-state index < -0.39 is 0 Å². The maximum atomic E-state index is 5.50. The number of ether oxygens (including phenoxy) is 1. The van der Waals surface area contributed by atoms with Crippen molar-refractivity contribution >= 4 is 16.6 Å². The lowest BCUT2D eigenvalue weighted by Gasteiger charge is -2.47. The number of aromatic nitrogens is 1. The van der Waals surface area contributed by atoms with Crippen LogP contribution in [0.5, 0.6) is 0 Å². The molecule has 0 spiro atoms. The summed E-state index contributed by atoms with van der Waals surface area (Å²) in [4.78, 5) is 12.4. The van der Waals surface area contributed by atoms with Crippen molar-refractivity contribution in [2.45, 2.75) is 24.9 Å². The standard InChI is InChI=1S/C26H28N4O/c1-2-4-20(5-3-1)25-9-7-21-6-8-22(18-26(21)27-25)29-10-11-30(19-29)24-16-23(17-24)28-12-14-31-15-13-28/h1-11,18,23-24H,12-17,19H2. The molecule has 0 amide bonds. The van der Waals surface area contributed by atoms with Crippen LogP contribution in [0.4, 0.5) is 5.69 Å². The molecule has 1 saturated carbocycles. The molecule has 1 saturated heterocycles. The number of benzene rings is 2. The summed E-state index contributed by atoms with van der Waals surface area (Å²) in [5.74, 6) is 0. The summed E-state index contributed by atoms with van der Waals surface area (Å²) in [6.07, 6.45) is 7.00. The summed E-state index contributed by atoms with van der Waals surface area (Å²) in [5.41, 5.74) is 4.42. The van der Waals surface area contributed by atoms with E-state index in [2.05, 4.69) is 81.7 Å². The first-order chi connectivity index (χ1) is 15.3. The first-order valence-corrected chi connectivity index (χ1v) is 11.3. The number of hydrogen-bond donors (Lipinski definition) is 0. The van der Waals surface area contributed by atoms with Gasteiger partial charge in [-0.2, -0.15) is 0 Å². The van der Waals surface area contributed by atoms with Gasteiger partial charge in [0.25, 0.3) is 0 Å². The maximum Gasteiger partial charge on any atom is 0.0944 e. The molecule has 6 rings (SSSR count). The molecule has 0 radical (unpaired) electrons. The number of fused-ring (bicyclic) bond motifs is 1. The predicted octanol–water partition coefficient (Wildman–Crippen LogP) is 4.32. The van der Waals surface area contributed by atoms with E-state index in [-0.39, 0.29) is 0 Å². The molecule has 1 aromatic heterocycles. The minimum atomic E-state index is 0.650. The summed E-state index contributed by atoms with van der Waals surface area (Å²) in [6, 6.07) is 22.6. The molecular formula is C26H28N4O. The van der Waals surface area contributed by atoms with Crippen LogP contribution in [0.25, 0.3) is 22.2 Å². The van der Waals surface area contributed by atoms with Crippen LogP contribution in [0, 0.1) is 0 Å². The molecule has 0 bridgehead atoms. The zero-order valence-corrected chi connectivity index (χ0v) is 17.7. The van der Waals surface area contributed by atoms with Crippen molar-refractivity contribution < 1.29 is 4.74 Å². The summed E-state index contributed by atoms with van der Waals surface area (Å²) < 4.78 is 5.50. The van der Waals surface area contributed by atoms with Crippen molar-refractivity contribution in [1.29, 1.82) is 0 Å². The second kappa shape index (κ2) is 7.98. The molecule has 158 valence electrons. The van der Waals surface area contributed by atoms with Crippen LogP contribution in [-0.2, 0) is 4.74 Å². The van der Waals surface area contributed by atoms with E-state index >= 15 is 0 Å². The Bertz CT molecular complexity index is 1090. The van der Waals surface area contributed by atoms with E-state index in [4.69, 9.17) is 9.72 Å². The Labute approximate surface area is 183 Å². The largest absolute Gasteiger partial charge is 0.379 e. The Balaban J connectivity index is 1.14. The fourth-order valence-electron chi connectivity index (χ4n) is 4.97. The zero-order chi connectivity index (χ0) is 20.6. The number of hydrogen-bond acceptors (Lipinski definition) is 5. The summed E-state index contributed by atoms with van der Waals surface area (Å²) >= 11 is 0. The number of pyridine rings is 1. The van der Waals surface area contributed by atoms with Crippen molar-refractivity contribution in [1.82, 2.24) is 14.8 Å². The van der Waals surface area contributed by atoms with Crippen molar-refractivity contribution in [3.8, 4) is 11.3 Å². The van der Waals surface area contributed by atoms with Crippen molar-refractivity contribution in [3.05, 3.63) is 73.1 Å². The van der Waals surface area contributed by atoms with Crippen LogP contribution in [-0.4, -0.2) is 59.8 Å². The van der Waals surface area contributed by atoms with Crippen LogP contribution in [0.3, 0.4) is 0 Å². The van der Waals surface area contributed by atoms with Gasteiger partial charge in [0.15, 0.2) is 0 Å². The van der Waals surface area contributed by atoms with E-state index in [0.717, 1.165) is 55.8 Å². The minimum absolute atomic E-state index is 0.650. The van der Waals surface area contributed by atoms with Crippen molar-refractivity contribution in [3.63, 3.8) is 0 Å². The second-order valence-corrected chi connectivity index (χ2v) is 8.79. The van der Waals surface area contributed by atoms with E-state index in [1.807, 2.05) is 6.07 Å². The van der Waals surface area contributed by atoms with E-state index in [1.54, 1.807) is 0 Å². The Kier molecular flexibility index (Phi) is 4.85. The van der Waals surface area contributed by atoms with Gasteiger partial charge in [-0.25, -0.2) is 4.98 Å². The van der Waals surface area contributed by atoms with Crippen molar-refractivity contribution in [2.24, 2.45) is 0 Å². The lowest BCUT2D eigenvalue weighted by molar-refractivity contribution is -0.0222. The Hall–Kier alpha value is -2.89. The normalized spacial score (nSPS) is 24.0. The van der Waals surface area contributed by atoms with Gasteiger partial charge in [-0.05, 0) is 31.0 Å². The second-order valence-electron chi connectivity index (χ2n) is 8.79. The highest BCUT2D eigenvalue weighted by Gasteiger charge is 2.38. The van der Waals surface area contributed by atoms with E-state index in [9.17, 15) is 0 Å². The fraction of sp³-hybridized carbons (Fsp3) is 0.346. The molecule has 31 heavy (non-hydrogen) atoms.